The highest BCUT2D eigenvalue weighted by Gasteiger charge is 2.52. The van der Waals surface area contributed by atoms with Gasteiger partial charge in [-0.05, 0) is 78.1 Å². The average molecular weight is 444 g/mol. The van der Waals surface area contributed by atoms with Crippen LogP contribution in [0, 0.1) is 11.2 Å². The van der Waals surface area contributed by atoms with Crippen LogP contribution >= 0.6 is 15.9 Å². The Kier molecular flexibility index (Phi) is 4.52. The van der Waals surface area contributed by atoms with Crippen LogP contribution in [0.25, 0.3) is 0 Å². The molecule has 0 saturated heterocycles. The van der Waals surface area contributed by atoms with E-state index in [1.165, 1.54) is 6.07 Å². The second kappa shape index (κ2) is 6.50. The molecule has 0 radical (unpaired) electrons. The van der Waals surface area contributed by atoms with Crippen molar-refractivity contribution in [3.63, 3.8) is 0 Å². The minimum absolute atomic E-state index is 0.171. The summed E-state index contributed by atoms with van der Waals surface area (Å²) >= 11 is 3.21. The summed E-state index contributed by atoms with van der Waals surface area (Å²) in [4.78, 5) is 4.02. The maximum atomic E-state index is 13.4. The highest BCUT2D eigenvalue weighted by Crippen LogP contribution is 2.57. The van der Waals surface area contributed by atoms with Crippen molar-refractivity contribution in [1.82, 2.24) is 10.1 Å². The van der Waals surface area contributed by atoms with E-state index in [0.717, 1.165) is 57.7 Å². The molecule has 2 bridgehead atoms. The molecule has 5 rings (SSSR count). The Bertz CT molecular complexity index is 824. The lowest BCUT2D eigenvalue weighted by molar-refractivity contribution is -0.0158. The number of halogens is 4. The van der Waals surface area contributed by atoms with Crippen molar-refractivity contribution < 1.29 is 17.7 Å². The zero-order valence-electron chi connectivity index (χ0n) is 15.0. The normalized spacial score (nSPS) is 27.7. The minimum atomic E-state index is -3.11. The zero-order valence-corrected chi connectivity index (χ0v) is 16.6. The van der Waals surface area contributed by atoms with E-state index in [1.807, 2.05) is 0 Å². The lowest BCUT2D eigenvalue weighted by Gasteiger charge is -2.52. The Morgan fingerprint density at radius 2 is 1.85 bits per heavy atom. The van der Waals surface area contributed by atoms with Gasteiger partial charge in [0, 0.05) is 24.6 Å². The molecule has 2 aromatic rings. The van der Waals surface area contributed by atoms with E-state index in [4.69, 9.17) is 4.52 Å². The molecule has 3 saturated carbocycles. The Balaban J connectivity index is 1.43. The number of nitrogens with zero attached hydrogens (tertiary/aromatic N) is 2. The van der Waals surface area contributed by atoms with E-state index in [2.05, 4.69) is 31.4 Å². The lowest BCUT2D eigenvalue weighted by atomic mass is 9.53. The number of fused-ring (bicyclic) bond motifs is 3. The molecule has 27 heavy (non-hydrogen) atoms. The fourth-order valence-electron chi connectivity index (χ4n) is 4.38. The van der Waals surface area contributed by atoms with Crippen LogP contribution < -0.4 is 5.32 Å². The first-order valence-corrected chi connectivity index (χ1v) is 9.92. The maximum absolute atomic E-state index is 13.4. The Morgan fingerprint density at radius 1 is 1.19 bits per heavy atom. The average Bonchev–Trinajstić information content (AvgIpc) is 3.16. The summed E-state index contributed by atoms with van der Waals surface area (Å²) in [5.41, 5.74) is 0.811. The standard InChI is InChI=1S/C19H21BrF3N3O/c1-17(22,23)16-25-15(26-27-16)19-7-4-18(5-8-19,6-9-19)11-24-12-2-3-14(21)13(20)10-12/h2-3,10,24H,4-9,11H2,1H3. The molecule has 1 aromatic carbocycles. The van der Waals surface area contributed by atoms with Crippen molar-refractivity contribution in [3.05, 3.63) is 40.2 Å². The molecular formula is C19H21BrF3N3O. The third-order valence-electron chi connectivity index (χ3n) is 6.26. The van der Waals surface area contributed by atoms with Crippen LogP contribution in [0.5, 0.6) is 0 Å². The molecule has 3 fully saturated rings. The fourth-order valence-corrected chi connectivity index (χ4v) is 4.76. The molecule has 0 aliphatic heterocycles. The second-order valence-corrected chi connectivity index (χ2v) is 8.93. The van der Waals surface area contributed by atoms with Crippen LogP contribution in [0.2, 0.25) is 0 Å². The SMILES string of the molecule is CC(F)(F)c1nc(C23CCC(CNc4ccc(F)c(Br)c4)(CC2)CC3)no1. The van der Waals surface area contributed by atoms with Gasteiger partial charge in [0.25, 0.3) is 5.89 Å². The van der Waals surface area contributed by atoms with Gasteiger partial charge in [-0.15, -0.1) is 0 Å². The van der Waals surface area contributed by atoms with Crippen molar-refractivity contribution in [2.45, 2.75) is 56.8 Å². The topological polar surface area (TPSA) is 51.0 Å². The van der Waals surface area contributed by atoms with Crippen LogP contribution in [0.1, 0.15) is 57.2 Å². The van der Waals surface area contributed by atoms with Crippen LogP contribution in [0.15, 0.2) is 27.2 Å². The Morgan fingerprint density at radius 3 is 2.41 bits per heavy atom. The number of hydrogen-bond donors (Lipinski definition) is 1. The van der Waals surface area contributed by atoms with E-state index < -0.39 is 11.8 Å². The summed E-state index contributed by atoms with van der Waals surface area (Å²) < 4.78 is 45.5. The number of nitrogens with one attached hydrogen (secondary N) is 1. The van der Waals surface area contributed by atoms with Gasteiger partial charge in [0.1, 0.15) is 5.82 Å². The third kappa shape index (κ3) is 3.48. The van der Waals surface area contributed by atoms with Gasteiger partial charge in [0.2, 0.25) is 0 Å². The molecule has 8 heteroatoms. The molecule has 0 amide bonds. The van der Waals surface area contributed by atoms with E-state index in [9.17, 15) is 13.2 Å². The van der Waals surface area contributed by atoms with Crippen LogP contribution in [-0.2, 0) is 11.3 Å². The van der Waals surface area contributed by atoms with Gasteiger partial charge in [0.05, 0.1) is 4.47 Å². The minimum Gasteiger partial charge on any atom is -0.384 e. The van der Waals surface area contributed by atoms with Crippen LogP contribution in [0.3, 0.4) is 0 Å². The molecule has 4 nitrogen and oxygen atoms in total. The first kappa shape index (κ1) is 18.8. The lowest BCUT2D eigenvalue weighted by Crippen LogP contribution is -2.47. The van der Waals surface area contributed by atoms with Crippen molar-refractivity contribution in [2.24, 2.45) is 5.41 Å². The molecule has 0 atom stereocenters. The molecule has 146 valence electrons. The first-order chi connectivity index (χ1) is 12.7. The summed E-state index contributed by atoms with van der Waals surface area (Å²) in [6.45, 7) is 1.58. The molecule has 1 aromatic heterocycles. The quantitative estimate of drug-likeness (QED) is 0.635. The van der Waals surface area contributed by atoms with E-state index in [1.54, 1.807) is 12.1 Å². The summed E-state index contributed by atoms with van der Waals surface area (Å²) in [7, 11) is 0. The van der Waals surface area contributed by atoms with E-state index in [0.29, 0.717) is 10.3 Å². The van der Waals surface area contributed by atoms with Crippen LogP contribution in [0.4, 0.5) is 18.9 Å². The molecule has 1 N–H and O–H groups in total. The Hall–Kier alpha value is -1.57. The highest BCUT2D eigenvalue weighted by atomic mass is 79.9. The number of anilines is 1. The summed E-state index contributed by atoms with van der Waals surface area (Å²) in [5, 5.41) is 7.32. The van der Waals surface area contributed by atoms with Gasteiger partial charge >= 0.3 is 5.92 Å². The number of hydrogen-bond acceptors (Lipinski definition) is 4. The monoisotopic (exact) mass is 443 g/mol. The van der Waals surface area contributed by atoms with Crippen molar-refractivity contribution in [1.29, 1.82) is 0 Å². The number of benzene rings is 1. The predicted octanol–water partition coefficient (Wildman–Crippen LogP) is 5.79. The van der Waals surface area contributed by atoms with Crippen molar-refractivity contribution >= 4 is 21.6 Å². The van der Waals surface area contributed by atoms with E-state index >= 15 is 0 Å². The van der Waals surface area contributed by atoms with Crippen LogP contribution in [-0.4, -0.2) is 16.7 Å². The summed E-state index contributed by atoms with van der Waals surface area (Å²) in [6, 6.07) is 4.92. The predicted molar refractivity (Wildman–Crippen MR) is 98.3 cm³/mol. The number of rotatable bonds is 5. The first-order valence-electron chi connectivity index (χ1n) is 9.13. The largest absolute Gasteiger partial charge is 0.384 e. The van der Waals surface area contributed by atoms with Gasteiger partial charge in [0.15, 0.2) is 5.82 Å². The maximum Gasteiger partial charge on any atom is 0.322 e. The zero-order chi connectivity index (χ0) is 19.3. The molecule has 0 spiro atoms. The molecule has 3 aliphatic rings. The molecule has 3 aliphatic carbocycles. The second-order valence-electron chi connectivity index (χ2n) is 8.07. The third-order valence-corrected chi connectivity index (χ3v) is 6.87. The summed E-state index contributed by atoms with van der Waals surface area (Å²) in [5.74, 6) is -3.56. The van der Waals surface area contributed by atoms with Gasteiger partial charge in [-0.3, -0.25) is 0 Å². The van der Waals surface area contributed by atoms with Gasteiger partial charge in [-0.1, -0.05) is 5.16 Å². The highest BCUT2D eigenvalue weighted by molar-refractivity contribution is 9.10. The number of alkyl halides is 2. The molecule has 1 heterocycles. The molecule has 0 unspecified atom stereocenters. The van der Waals surface area contributed by atoms with Crippen molar-refractivity contribution in [2.75, 3.05) is 11.9 Å². The van der Waals surface area contributed by atoms with Crippen molar-refractivity contribution in [3.8, 4) is 0 Å². The summed E-state index contributed by atoms with van der Waals surface area (Å²) in [6.07, 6.45) is 5.56. The number of aromatic nitrogens is 2. The van der Waals surface area contributed by atoms with E-state index in [-0.39, 0.29) is 16.6 Å². The van der Waals surface area contributed by atoms with Gasteiger partial charge in [-0.2, -0.15) is 13.8 Å². The smallest absolute Gasteiger partial charge is 0.322 e. The van der Waals surface area contributed by atoms with Gasteiger partial charge in [-0.25, -0.2) is 4.39 Å². The van der Waals surface area contributed by atoms with Gasteiger partial charge < -0.3 is 9.84 Å². The Labute approximate surface area is 164 Å². The fraction of sp³-hybridized carbons (Fsp3) is 0.579. The molecular weight excluding hydrogens is 423 g/mol.